The molecule has 0 aliphatic heterocycles. The Balaban J connectivity index is 3.35. The lowest BCUT2D eigenvalue weighted by Crippen LogP contribution is -1.92. The van der Waals surface area contributed by atoms with Gasteiger partial charge < -0.3 is 0 Å². The van der Waals surface area contributed by atoms with E-state index in [1.807, 2.05) is 0 Å². The Kier molecular flexibility index (Phi) is 3.06. The Morgan fingerprint density at radius 2 is 2.08 bits per heavy atom. The molecular weight excluding hydrogens is 220 g/mol. The summed E-state index contributed by atoms with van der Waals surface area (Å²) in [5, 5.41) is 10.3. The maximum absolute atomic E-state index is 12.2. The second-order valence-electron chi connectivity index (χ2n) is 2.29. The third-order valence-corrected chi connectivity index (χ3v) is 2.09. The first-order chi connectivity index (χ1) is 6.06. The standard InChI is InChI=1S/C7H4Cl2FNO2/c8-5-1-4(3-10)7(9)6(2-5)11(12)13/h1-2H,3H2. The molecule has 0 spiro atoms. The molecule has 6 heteroatoms. The molecule has 1 aromatic rings. The van der Waals surface area contributed by atoms with E-state index in [4.69, 9.17) is 23.2 Å². The number of halogens is 3. The summed E-state index contributed by atoms with van der Waals surface area (Å²) in [5.74, 6) is 0. The summed E-state index contributed by atoms with van der Waals surface area (Å²) in [6.45, 7) is -0.875. The topological polar surface area (TPSA) is 43.1 Å². The minimum atomic E-state index is -0.875. The van der Waals surface area contributed by atoms with Crippen LogP contribution < -0.4 is 0 Å². The van der Waals surface area contributed by atoms with Crippen LogP contribution in [-0.2, 0) is 6.67 Å². The highest BCUT2D eigenvalue weighted by atomic mass is 35.5. The zero-order chi connectivity index (χ0) is 10.0. The Hall–Kier alpha value is -0.870. The first-order valence-electron chi connectivity index (χ1n) is 3.24. The predicted octanol–water partition coefficient (Wildman–Crippen LogP) is 3.37. The summed E-state index contributed by atoms with van der Waals surface area (Å²) < 4.78 is 12.2. The molecule has 0 aliphatic carbocycles. The van der Waals surface area contributed by atoms with Gasteiger partial charge >= 0.3 is 0 Å². The van der Waals surface area contributed by atoms with Crippen LogP contribution in [0.4, 0.5) is 10.1 Å². The van der Waals surface area contributed by atoms with Crippen LogP contribution in [0.25, 0.3) is 0 Å². The molecule has 3 nitrogen and oxygen atoms in total. The van der Waals surface area contributed by atoms with E-state index in [1.54, 1.807) is 0 Å². The summed E-state index contributed by atoms with van der Waals surface area (Å²) in [4.78, 5) is 9.68. The van der Waals surface area contributed by atoms with E-state index < -0.39 is 11.6 Å². The molecule has 0 bridgehead atoms. The number of nitro benzene ring substituents is 1. The van der Waals surface area contributed by atoms with Crippen molar-refractivity contribution in [2.75, 3.05) is 0 Å². The van der Waals surface area contributed by atoms with Gasteiger partial charge in [-0.1, -0.05) is 23.2 Å². The van der Waals surface area contributed by atoms with Crippen molar-refractivity contribution in [3.8, 4) is 0 Å². The smallest absolute Gasteiger partial charge is 0.258 e. The van der Waals surface area contributed by atoms with Gasteiger partial charge in [0.2, 0.25) is 0 Å². The second-order valence-corrected chi connectivity index (χ2v) is 3.10. The zero-order valence-electron chi connectivity index (χ0n) is 6.26. The minimum Gasteiger partial charge on any atom is -0.258 e. The average molecular weight is 224 g/mol. The molecule has 0 aromatic heterocycles. The molecule has 1 rings (SSSR count). The third kappa shape index (κ3) is 2.08. The van der Waals surface area contributed by atoms with Gasteiger partial charge in [-0.05, 0) is 6.07 Å². The highest BCUT2D eigenvalue weighted by Gasteiger charge is 2.17. The normalized spacial score (nSPS) is 10.1. The maximum atomic E-state index is 12.2. The Morgan fingerprint density at radius 3 is 2.54 bits per heavy atom. The number of benzene rings is 1. The van der Waals surface area contributed by atoms with Gasteiger partial charge in [0.25, 0.3) is 5.69 Å². The molecule has 1 aromatic carbocycles. The number of rotatable bonds is 2. The molecule has 13 heavy (non-hydrogen) atoms. The Bertz CT molecular complexity index is 357. The van der Waals surface area contributed by atoms with E-state index in [9.17, 15) is 14.5 Å². The van der Waals surface area contributed by atoms with E-state index in [-0.39, 0.29) is 21.3 Å². The zero-order valence-corrected chi connectivity index (χ0v) is 7.77. The molecule has 0 heterocycles. The summed E-state index contributed by atoms with van der Waals surface area (Å²) in [6.07, 6.45) is 0. The quantitative estimate of drug-likeness (QED) is 0.570. The van der Waals surface area contributed by atoms with E-state index in [1.165, 1.54) is 6.07 Å². The van der Waals surface area contributed by atoms with Crippen molar-refractivity contribution in [2.24, 2.45) is 0 Å². The van der Waals surface area contributed by atoms with Crippen LogP contribution in [0.3, 0.4) is 0 Å². The SMILES string of the molecule is O=[N+]([O-])c1cc(Cl)cc(CF)c1Cl. The molecule has 0 unspecified atom stereocenters. The monoisotopic (exact) mass is 223 g/mol. The van der Waals surface area contributed by atoms with Crippen LogP contribution >= 0.6 is 23.2 Å². The van der Waals surface area contributed by atoms with Crippen molar-refractivity contribution in [2.45, 2.75) is 6.67 Å². The van der Waals surface area contributed by atoms with Crippen molar-refractivity contribution in [3.05, 3.63) is 37.9 Å². The van der Waals surface area contributed by atoms with Gasteiger partial charge in [-0.3, -0.25) is 10.1 Å². The summed E-state index contributed by atoms with van der Waals surface area (Å²) in [7, 11) is 0. The molecule has 0 aliphatic rings. The van der Waals surface area contributed by atoms with Crippen LogP contribution in [-0.4, -0.2) is 4.92 Å². The molecule has 0 N–H and O–H groups in total. The lowest BCUT2D eigenvalue weighted by atomic mass is 10.2. The molecule has 0 fully saturated rings. The number of hydrogen-bond acceptors (Lipinski definition) is 2. The van der Waals surface area contributed by atoms with Crippen LogP contribution in [0, 0.1) is 10.1 Å². The highest BCUT2D eigenvalue weighted by molar-refractivity contribution is 6.35. The van der Waals surface area contributed by atoms with E-state index >= 15 is 0 Å². The molecule has 0 radical (unpaired) electrons. The molecule has 70 valence electrons. The van der Waals surface area contributed by atoms with E-state index in [0.717, 1.165) is 6.07 Å². The fourth-order valence-electron chi connectivity index (χ4n) is 0.860. The van der Waals surface area contributed by atoms with Gasteiger partial charge in [-0.2, -0.15) is 0 Å². The van der Waals surface area contributed by atoms with Gasteiger partial charge in [0.05, 0.1) is 4.92 Å². The Labute approximate surface area is 83.2 Å². The van der Waals surface area contributed by atoms with E-state index in [2.05, 4.69) is 0 Å². The van der Waals surface area contributed by atoms with Crippen molar-refractivity contribution in [3.63, 3.8) is 0 Å². The first kappa shape index (κ1) is 10.2. The average Bonchev–Trinajstić information content (AvgIpc) is 2.08. The molecule has 0 saturated carbocycles. The largest absolute Gasteiger partial charge is 0.289 e. The van der Waals surface area contributed by atoms with Crippen molar-refractivity contribution in [1.82, 2.24) is 0 Å². The van der Waals surface area contributed by atoms with Gasteiger partial charge in [-0.15, -0.1) is 0 Å². The van der Waals surface area contributed by atoms with Crippen molar-refractivity contribution >= 4 is 28.9 Å². The lowest BCUT2D eigenvalue weighted by Gasteiger charge is -2.00. The Morgan fingerprint density at radius 1 is 1.46 bits per heavy atom. The van der Waals surface area contributed by atoms with Gasteiger partial charge in [0.15, 0.2) is 0 Å². The van der Waals surface area contributed by atoms with Gasteiger partial charge in [-0.25, -0.2) is 4.39 Å². The molecule has 0 amide bonds. The number of nitrogens with zero attached hydrogens (tertiary/aromatic N) is 1. The van der Waals surface area contributed by atoms with Crippen LogP contribution in [0.2, 0.25) is 10.0 Å². The lowest BCUT2D eigenvalue weighted by molar-refractivity contribution is -0.384. The molecule has 0 atom stereocenters. The maximum Gasteiger partial charge on any atom is 0.289 e. The van der Waals surface area contributed by atoms with Crippen molar-refractivity contribution in [1.29, 1.82) is 0 Å². The van der Waals surface area contributed by atoms with Crippen LogP contribution in [0.1, 0.15) is 5.56 Å². The summed E-state index contributed by atoms with van der Waals surface area (Å²) in [6, 6.07) is 2.35. The fraction of sp³-hybridized carbons (Fsp3) is 0.143. The highest BCUT2D eigenvalue weighted by Crippen LogP contribution is 2.31. The fourth-order valence-corrected chi connectivity index (χ4v) is 1.32. The molecular formula is C7H4Cl2FNO2. The summed E-state index contributed by atoms with van der Waals surface area (Å²) >= 11 is 11.1. The van der Waals surface area contributed by atoms with Gasteiger partial charge in [0.1, 0.15) is 11.7 Å². The van der Waals surface area contributed by atoms with Gasteiger partial charge in [0, 0.05) is 16.7 Å². The number of alkyl halides is 1. The first-order valence-corrected chi connectivity index (χ1v) is 4.00. The number of hydrogen-bond donors (Lipinski definition) is 0. The third-order valence-electron chi connectivity index (χ3n) is 1.43. The second kappa shape index (κ2) is 3.89. The summed E-state index contributed by atoms with van der Waals surface area (Å²) in [5.41, 5.74) is -0.345. The minimum absolute atomic E-state index is 0.0286. The molecule has 0 saturated heterocycles. The van der Waals surface area contributed by atoms with Crippen molar-refractivity contribution < 1.29 is 9.31 Å². The van der Waals surface area contributed by atoms with Crippen LogP contribution in [0.15, 0.2) is 12.1 Å². The van der Waals surface area contributed by atoms with Crippen LogP contribution in [0.5, 0.6) is 0 Å². The van der Waals surface area contributed by atoms with E-state index in [0.29, 0.717) is 0 Å². The predicted molar refractivity (Wildman–Crippen MR) is 47.9 cm³/mol. The number of nitro groups is 1.